The number of nitrogens with zero attached hydrogens (tertiary/aromatic N) is 3. The molecule has 2 rings (SSSR count). The van der Waals surface area contributed by atoms with Gasteiger partial charge in [0.2, 0.25) is 5.95 Å². The van der Waals surface area contributed by atoms with Crippen molar-refractivity contribution in [2.75, 3.05) is 0 Å². The molecule has 0 aliphatic heterocycles. The Labute approximate surface area is 105 Å². The van der Waals surface area contributed by atoms with Crippen LogP contribution in [0.3, 0.4) is 0 Å². The minimum atomic E-state index is -0.454. The van der Waals surface area contributed by atoms with E-state index in [1.807, 2.05) is 13.1 Å². The summed E-state index contributed by atoms with van der Waals surface area (Å²) in [5.41, 5.74) is 8.29. The monoisotopic (exact) mass is 256 g/mol. The minimum Gasteiger partial charge on any atom is -0.326 e. The first kappa shape index (κ1) is 13.6. The second-order valence-electron chi connectivity index (χ2n) is 3.68. The van der Waals surface area contributed by atoms with Gasteiger partial charge >= 0.3 is 0 Å². The van der Waals surface area contributed by atoms with Crippen molar-refractivity contribution >= 4 is 12.4 Å². The molecule has 0 aliphatic carbocycles. The molecule has 0 bridgehead atoms. The molecule has 0 unspecified atom stereocenters. The average molecular weight is 257 g/mol. The van der Waals surface area contributed by atoms with E-state index < -0.39 is 5.95 Å². The van der Waals surface area contributed by atoms with Gasteiger partial charge in [-0.25, -0.2) is 4.98 Å². The third-order valence-corrected chi connectivity index (χ3v) is 2.44. The number of nitrogens with two attached hydrogens (primary N) is 1. The molecule has 4 nitrogen and oxygen atoms in total. The van der Waals surface area contributed by atoms with Crippen LogP contribution in [0.1, 0.15) is 16.7 Å². The van der Waals surface area contributed by atoms with Crippen molar-refractivity contribution in [2.24, 2.45) is 5.73 Å². The molecule has 2 aromatic rings. The fourth-order valence-corrected chi connectivity index (χ4v) is 1.49. The Hall–Kier alpha value is -1.46. The zero-order valence-corrected chi connectivity index (χ0v) is 10.2. The lowest BCUT2D eigenvalue weighted by Crippen LogP contribution is -2.03. The molecule has 0 aromatic carbocycles. The summed E-state index contributed by atoms with van der Waals surface area (Å²) in [6.45, 7) is 2.91. The van der Waals surface area contributed by atoms with Gasteiger partial charge in [0.1, 0.15) is 0 Å². The van der Waals surface area contributed by atoms with E-state index in [0.717, 1.165) is 16.7 Å². The molecule has 92 valence electrons. The largest absolute Gasteiger partial charge is 0.326 e. The third-order valence-electron chi connectivity index (χ3n) is 2.44. The van der Waals surface area contributed by atoms with Gasteiger partial charge in [-0.15, -0.1) is 12.4 Å². The molecule has 0 aliphatic rings. The van der Waals surface area contributed by atoms with Crippen molar-refractivity contribution in [2.45, 2.75) is 20.0 Å². The van der Waals surface area contributed by atoms with Crippen LogP contribution >= 0.6 is 12.4 Å². The third kappa shape index (κ3) is 3.25. The summed E-state index contributed by atoms with van der Waals surface area (Å²) in [6.07, 6.45) is 5.14. The van der Waals surface area contributed by atoms with Crippen molar-refractivity contribution in [3.05, 3.63) is 47.3 Å². The molecular formula is C11H14ClFN4. The van der Waals surface area contributed by atoms with Crippen molar-refractivity contribution in [3.63, 3.8) is 0 Å². The highest BCUT2D eigenvalue weighted by Crippen LogP contribution is 2.09. The normalized spacial score (nSPS) is 10.1. The smallest absolute Gasteiger partial charge is 0.213 e. The van der Waals surface area contributed by atoms with Crippen LogP contribution in [0, 0.1) is 12.9 Å². The predicted octanol–water partition coefficient (Wildman–Crippen LogP) is 1.65. The lowest BCUT2D eigenvalue weighted by Gasteiger charge is -2.05. The van der Waals surface area contributed by atoms with E-state index in [4.69, 9.17) is 5.73 Å². The zero-order chi connectivity index (χ0) is 11.5. The van der Waals surface area contributed by atoms with Crippen LogP contribution < -0.4 is 5.73 Å². The van der Waals surface area contributed by atoms with Gasteiger partial charge in [-0.1, -0.05) is 0 Å². The number of pyridine rings is 1. The maximum atomic E-state index is 12.8. The second-order valence-corrected chi connectivity index (χ2v) is 3.68. The first-order chi connectivity index (χ1) is 7.69. The Bertz CT molecular complexity index is 498. The molecule has 0 fully saturated rings. The number of aromatic nitrogens is 3. The van der Waals surface area contributed by atoms with Crippen molar-refractivity contribution in [3.8, 4) is 0 Å². The van der Waals surface area contributed by atoms with Gasteiger partial charge in [-0.3, -0.25) is 4.68 Å². The molecule has 2 aromatic heterocycles. The Morgan fingerprint density at radius 1 is 1.41 bits per heavy atom. The molecule has 0 amide bonds. The van der Waals surface area contributed by atoms with Gasteiger partial charge in [0.25, 0.3) is 0 Å². The molecule has 2 heterocycles. The molecule has 6 heteroatoms. The van der Waals surface area contributed by atoms with Crippen LogP contribution in [0.2, 0.25) is 0 Å². The summed E-state index contributed by atoms with van der Waals surface area (Å²) in [5, 5.41) is 4.16. The van der Waals surface area contributed by atoms with E-state index in [1.54, 1.807) is 10.9 Å². The van der Waals surface area contributed by atoms with Crippen LogP contribution in [0.25, 0.3) is 0 Å². The number of hydrogen-bond acceptors (Lipinski definition) is 3. The van der Waals surface area contributed by atoms with Gasteiger partial charge in [-0.2, -0.15) is 9.49 Å². The molecule has 17 heavy (non-hydrogen) atoms. The Morgan fingerprint density at radius 2 is 2.18 bits per heavy atom. The highest BCUT2D eigenvalue weighted by Gasteiger charge is 2.03. The van der Waals surface area contributed by atoms with E-state index in [2.05, 4.69) is 10.1 Å². The van der Waals surface area contributed by atoms with E-state index in [1.165, 1.54) is 12.3 Å². The number of hydrogen-bond donors (Lipinski definition) is 1. The Balaban J connectivity index is 0.00000144. The first-order valence-electron chi connectivity index (χ1n) is 5.01. The number of halogens is 2. The van der Waals surface area contributed by atoms with Gasteiger partial charge < -0.3 is 5.73 Å². The van der Waals surface area contributed by atoms with Gasteiger partial charge in [0.05, 0.1) is 12.7 Å². The summed E-state index contributed by atoms with van der Waals surface area (Å²) < 4.78 is 14.6. The molecular weight excluding hydrogens is 243 g/mol. The Kier molecular flexibility index (Phi) is 4.60. The summed E-state index contributed by atoms with van der Waals surface area (Å²) >= 11 is 0. The Morgan fingerprint density at radius 3 is 2.76 bits per heavy atom. The summed E-state index contributed by atoms with van der Waals surface area (Å²) in [5.74, 6) is -0.454. The predicted molar refractivity (Wildman–Crippen MR) is 65.4 cm³/mol. The fraction of sp³-hybridized carbons (Fsp3) is 0.273. The van der Waals surface area contributed by atoms with Crippen molar-refractivity contribution < 1.29 is 4.39 Å². The summed E-state index contributed by atoms with van der Waals surface area (Å²) in [4.78, 5) is 3.63. The first-order valence-corrected chi connectivity index (χ1v) is 5.01. The van der Waals surface area contributed by atoms with Crippen LogP contribution in [-0.4, -0.2) is 14.8 Å². The maximum Gasteiger partial charge on any atom is 0.213 e. The highest BCUT2D eigenvalue weighted by atomic mass is 35.5. The van der Waals surface area contributed by atoms with Crippen molar-refractivity contribution in [1.82, 2.24) is 14.8 Å². The van der Waals surface area contributed by atoms with Gasteiger partial charge in [0, 0.05) is 24.5 Å². The number of rotatable bonds is 3. The van der Waals surface area contributed by atoms with Gasteiger partial charge in [-0.05, 0) is 24.1 Å². The lowest BCUT2D eigenvalue weighted by molar-refractivity contribution is 0.577. The molecule has 0 saturated heterocycles. The molecule has 0 spiro atoms. The average Bonchev–Trinajstić information content (AvgIpc) is 2.70. The summed E-state index contributed by atoms with van der Waals surface area (Å²) in [6, 6.07) is 1.42. The standard InChI is InChI=1S/C11H13FN4.ClH/c1-8-2-11(12)14-5-10(8)7-16-6-9(3-13)4-15-16;/h2,4-6H,3,7,13H2,1H3;1H. The summed E-state index contributed by atoms with van der Waals surface area (Å²) in [7, 11) is 0. The highest BCUT2D eigenvalue weighted by molar-refractivity contribution is 5.85. The topological polar surface area (TPSA) is 56.7 Å². The maximum absolute atomic E-state index is 12.8. The molecule has 0 atom stereocenters. The molecule has 0 saturated carbocycles. The van der Waals surface area contributed by atoms with Crippen LogP contribution in [0.15, 0.2) is 24.7 Å². The van der Waals surface area contributed by atoms with E-state index in [9.17, 15) is 4.39 Å². The molecule has 0 radical (unpaired) electrons. The van der Waals surface area contributed by atoms with Gasteiger partial charge in [0.15, 0.2) is 0 Å². The fourth-order valence-electron chi connectivity index (χ4n) is 1.49. The van der Waals surface area contributed by atoms with E-state index >= 15 is 0 Å². The molecule has 2 N–H and O–H groups in total. The van der Waals surface area contributed by atoms with Crippen LogP contribution in [0.5, 0.6) is 0 Å². The van der Waals surface area contributed by atoms with Crippen LogP contribution in [0.4, 0.5) is 4.39 Å². The van der Waals surface area contributed by atoms with E-state index in [-0.39, 0.29) is 12.4 Å². The SMILES string of the molecule is Cc1cc(F)ncc1Cn1cc(CN)cn1.Cl. The van der Waals surface area contributed by atoms with Crippen molar-refractivity contribution in [1.29, 1.82) is 0 Å². The van der Waals surface area contributed by atoms with E-state index in [0.29, 0.717) is 13.1 Å². The lowest BCUT2D eigenvalue weighted by atomic mass is 10.1. The zero-order valence-electron chi connectivity index (χ0n) is 9.43. The second kappa shape index (κ2) is 5.75. The number of aryl methyl sites for hydroxylation is 1. The quantitative estimate of drug-likeness (QED) is 0.850. The minimum absolute atomic E-state index is 0. The van der Waals surface area contributed by atoms with Crippen LogP contribution in [-0.2, 0) is 13.1 Å².